The molecule has 21 heavy (non-hydrogen) atoms. The Morgan fingerprint density at radius 1 is 1.00 bits per heavy atom. The van der Waals surface area contributed by atoms with Crippen molar-refractivity contribution in [1.82, 2.24) is 4.31 Å². The summed E-state index contributed by atoms with van der Waals surface area (Å²) in [5.41, 5.74) is 0. The molecule has 0 aliphatic rings. The van der Waals surface area contributed by atoms with Crippen molar-refractivity contribution in [1.29, 1.82) is 0 Å². The first-order valence-corrected chi connectivity index (χ1v) is 6.60. The van der Waals surface area contributed by atoms with Crippen molar-refractivity contribution in [3.05, 3.63) is 29.1 Å². The molecule has 0 heterocycles. The largest absolute Gasteiger partial charge is 0.480 e. The van der Waals surface area contributed by atoms with E-state index >= 15 is 0 Å². The minimum Gasteiger partial charge on any atom is -0.480 e. The fourth-order valence-corrected chi connectivity index (χ4v) is 2.75. The lowest BCUT2D eigenvalue weighted by atomic mass is 10.3. The number of benzene rings is 1. The normalized spacial score (nSPS) is 13.5. The van der Waals surface area contributed by atoms with Crippen LogP contribution in [0.1, 0.15) is 6.92 Å². The number of sulfonamides is 1. The number of rotatable bonds is 4. The zero-order chi connectivity index (χ0) is 16.7. The van der Waals surface area contributed by atoms with E-state index in [0.717, 1.165) is 6.92 Å². The number of carboxylic acids is 1. The lowest BCUT2D eigenvalue weighted by Crippen LogP contribution is -2.41. The summed E-state index contributed by atoms with van der Waals surface area (Å²) in [4.78, 5) is 8.57. The molecule has 0 radical (unpaired) electrons. The summed E-state index contributed by atoms with van der Waals surface area (Å²) in [6.45, 7) is 0.853. The van der Waals surface area contributed by atoms with Gasteiger partial charge in [0.25, 0.3) is 0 Å². The summed E-state index contributed by atoms with van der Waals surface area (Å²) in [7, 11) is -4.62. The van der Waals surface area contributed by atoms with E-state index in [2.05, 4.69) is 0 Å². The quantitative estimate of drug-likeness (QED) is 0.514. The maximum Gasteiger partial charge on any atom is 0.321 e. The minimum absolute atomic E-state index is 0.0202. The number of carboxylic acid groups (broad SMARTS) is 1. The zero-order valence-electron chi connectivity index (χ0n) is 10.5. The molecule has 0 amide bonds. The van der Waals surface area contributed by atoms with E-state index in [4.69, 9.17) is 5.11 Å². The molecule has 0 saturated carbocycles. The minimum atomic E-state index is -5.25. The molecule has 0 saturated heterocycles. The third-order valence-electron chi connectivity index (χ3n) is 2.71. The highest BCUT2D eigenvalue weighted by Crippen LogP contribution is 2.29. The standard InChI is InChI=1S/C10H8F5NO4S/c1-3(10(17)18)16(2)21(19,20)9-7(14)5(12)4(11)6(13)8(9)15/h3H,1-2H3,(H,17,18)/t3-/m1/s1. The summed E-state index contributed by atoms with van der Waals surface area (Å²) < 4.78 is 89.4. The maximum atomic E-state index is 13.4. The average molecular weight is 333 g/mol. The Balaban J connectivity index is 3.64. The molecule has 1 N–H and O–H groups in total. The molecule has 1 rings (SSSR count). The van der Waals surface area contributed by atoms with Gasteiger partial charge in [-0.3, -0.25) is 4.79 Å². The fourth-order valence-electron chi connectivity index (χ4n) is 1.32. The third-order valence-corrected chi connectivity index (χ3v) is 4.66. The Morgan fingerprint density at radius 2 is 1.33 bits per heavy atom. The van der Waals surface area contributed by atoms with Gasteiger partial charge in [0.05, 0.1) is 0 Å². The van der Waals surface area contributed by atoms with Gasteiger partial charge in [0.2, 0.25) is 15.8 Å². The highest BCUT2D eigenvalue weighted by atomic mass is 32.2. The van der Waals surface area contributed by atoms with Crippen molar-refractivity contribution in [2.24, 2.45) is 0 Å². The lowest BCUT2D eigenvalue weighted by Gasteiger charge is -2.21. The van der Waals surface area contributed by atoms with E-state index < -0.39 is 56.0 Å². The van der Waals surface area contributed by atoms with Crippen LogP contribution in [-0.4, -0.2) is 36.9 Å². The van der Waals surface area contributed by atoms with Gasteiger partial charge in [-0.2, -0.15) is 4.31 Å². The van der Waals surface area contributed by atoms with Crippen LogP contribution in [-0.2, 0) is 14.8 Å². The Kier molecular flexibility index (Phi) is 4.58. The molecule has 0 fully saturated rings. The van der Waals surface area contributed by atoms with Gasteiger partial charge in [0.15, 0.2) is 28.2 Å². The third kappa shape index (κ3) is 2.70. The van der Waals surface area contributed by atoms with Crippen LogP contribution >= 0.6 is 0 Å². The van der Waals surface area contributed by atoms with Crippen molar-refractivity contribution in [2.75, 3.05) is 7.05 Å². The van der Waals surface area contributed by atoms with Crippen LogP contribution in [0.15, 0.2) is 4.90 Å². The molecule has 0 aliphatic heterocycles. The second-order valence-corrected chi connectivity index (χ2v) is 5.87. The van der Waals surface area contributed by atoms with Gasteiger partial charge < -0.3 is 5.11 Å². The molecular formula is C10H8F5NO4S. The fraction of sp³-hybridized carbons (Fsp3) is 0.300. The number of likely N-dealkylation sites (N-methyl/N-ethyl adjacent to an activating group) is 1. The SMILES string of the molecule is C[C@H](C(=O)O)N(C)S(=O)(=O)c1c(F)c(F)c(F)c(F)c1F. The van der Waals surface area contributed by atoms with Crippen molar-refractivity contribution in [3.63, 3.8) is 0 Å². The number of hydrogen-bond donors (Lipinski definition) is 1. The van der Waals surface area contributed by atoms with Gasteiger partial charge in [-0.1, -0.05) is 0 Å². The van der Waals surface area contributed by atoms with Crippen molar-refractivity contribution in [2.45, 2.75) is 17.9 Å². The van der Waals surface area contributed by atoms with E-state index in [-0.39, 0.29) is 4.31 Å². The molecule has 0 bridgehead atoms. The van der Waals surface area contributed by atoms with E-state index in [1.54, 1.807) is 0 Å². The van der Waals surface area contributed by atoms with Gasteiger partial charge in [0, 0.05) is 7.05 Å². The van der Waals surface area contributed by atoms with E-state index in [1.165, 1.54) is 0 Å². The van der Waals surface area contributed by atoms with Crippen molar-refractivity contribution < 1.29 is 40.3 Å². The van der Waals surface area contributed by atoms with E-state index in [1.807, 2.05) is 0 Å². The molecule has 118 valence electrons. The van der Waals surface area contributed by atoms with E-state index in [9.17, 15) is 35.2 Å². The number of hydrogen-bond acceptors (Lipinski definition) is 3. The first kappa shape index (κ1) is 17.3. The van der Waals surface area contributed by atoms with Crippen LogP contribution in [0, 0.1) is 29.1 Å². The molecule has 0 aliphatic carbocycles. The molecule has 0 unspecified atom stereocenters. The first-order chi connectivity index (χ1) is 9.44. The smallest absolute Gasteiger partial charge is 0.321 e. The predicted molar refractivity (Wildman–Crippen MR) is 58.3 cm³/mol. The maximum absolute atomic E-state index is 13.4. The molecular weight excluding hydrogens is 325 g/mol. The van der Waals surface area contributed by atoms with Crippen molar-refractivity contribution >= 4 is 16.0 Å². The van der Waals surface area contributed by atoms with Gasteiger partial charge in [-0.05, 0) is 6.92 Å². The molecule has 1 aromatic rings. The van der Waals surface area contributed by atoms with Crippen LogP contribution in [0.4, 0.5) is 22.0 Å². The topological polar surface area (TPSA) is 74.7 Å². The Bertz CT molecular complexity index is 677. The number of carbonyl (C=O) groups is 1. The van der Waals surface area contributed by atoms with E-state index in [0.29, 0.717) is 7.05 Å². The average Bonchev–Trinajstić information content (AvgIpc) is 2.41. The second-order valence-electron chi connectivity index (χ2n) is 3.93. The number of halogens is 5. The second kappa shape index (κ2) is 5.56. The number of nitrogens with zero attached hydrogens (tertiary/aromatic N) is 1. The van der Waals surface area contributed by atoms with Gasteiger partial charge in [0.1, 0.15) is 6.04 Å². The monoisotopic (exact) mass is 333 g/mol. The van der Waals surface area contributed by atoms with Gasteiger partial charge in [-0.25, -0.2) is 30.4 Å². The molecule has 0 aromatic heterocycles. The van der Waals surface area contributed by atoms with Gasteiger partial charge >= 0.3 is 5.97 Å². The summed E-state index contributed by atoms with van der Waals surface area (Å²) in [6.07, 6.45) is 0. The molecule has 11 heteroatoms. The van der Waals surface area contributed by atoms with Gasteiger partial charge in [-0.15, -0.1) is 0 Å². The zero-order valence-corrected chi connectivity index (χ0v) is 11.3. The molecule has 1 aromatic carbocycles. The Morgan fingerprint density at radius 3 is 1.67 bits per heavy atom. The predicted octanol–water partition coefficient (Wildman–Crippen LogP) is 1.48. The molecule has 1 atom stereocenters. The summed E-state index contributed by atoms with van der Waals surface area (Å²) in [5, 5.41) is 8.65. The van der Waals surface area contributed by atoms with Crippen molar-refractivity contribution in [3.8, 4) is 0 Å². The summed E-state index contributed by atoms with van der Waals surface area (Å²) in [6, 6.07) is -1.79. The Labute approximate surface area is 115 Å². The summed E-state index contributed by atoms with van der Waals surface area (Å²) in [5.74, 6) is -14.2. The first-order valence-electron chi connectivity index (χ1n) is 5.16. The van der Waals surface area contributed by atoms with Crippen LogP contribution in [0.25, 0.3) is 0 Å². The molecule has 0 spiro atoms. The van der Waals surface area contributed by atoms with Crippen LogP contribution < -0.4 is 0 Å². The molecule has 5 nitrogen and oxygen atoms in total. The summed E-state index contributed by atoms with van der Waals surface area (Å²) >= 11 is 0. The lowest BCUT2D eigenvalue weighted by molar-refractivity contribution is -0.140. The Hall–Kier alpha value is -1.75. The van der Waals surface area contributed by atoms with Crippen LogP contribution in [0.3, 0.4) is 0 Å². The highest BCUT2D eigenvalue weighted by Gasteiger charge is 2.38. The number of aliphatic carboxylic acids is 1. The van der Waals surface area contributed by atoms with Crippen LogP contribution in [0.5, 0.6) is 0 Å². The van der Waals surface area contributed by atoms with Crippen LogP contribution in [0.2, 0.25) is 0 Å². The highest BCUT2D eigenvalue weighted by molar-refractivity contribution is 7.89.